The molecule has 0 bridgehead atoms. The van der Waals surface area contributed by atoms with Gasteiger partial charge >= 0.3 is 5.97 Å². The fourth-order valence-electron chi connectivity index (χ4n) is 3.07. The van der Waals surface area contributed by atoms with E-state index in [0.717, 1.165) is 27.5 Å². The Labute approximate surface area is 128 Å². The number of benzene rings is 3. The van der Waals surface area contributed by atoms with Crippen LogP contribution in [0.2, 0.25) is 0 Å². The second-order valence-electron chi connectivity index (χ2n) is 5.28. The second-order valence-corrected chi connectivity index (χ2v) is 5.28. The number of cyclic esters (lactones) is 1. The molecule has 0 radical (unpaired) electrons. The molecule has 3 aromatic rings. The van der Waals surface area contributed by atoms with Gasteiger partial charge in [0.15, 0.2) is 0 Å². The highest BCUT2D eigenvalue weighted by Crippen LogP contribution is 2.40. The lowest BCUT2D eigenvalue weighted by atomic mass is 9.91. The molecule has 0 amide bonds. The van der Waals surface area contributed by atoms with Crippen molar-refractivity contribution in [2.45, 2.75) is 6.61 Å². The molecular weight excluding hydrogens is 276 g/mol. The van der Waals surface area contributed by atoms with Gasteiger partial charge in [-0.15, -0.1) is 0 Å². The molecule has 22 heavy (non-hydrogen) atoms. The van der Waals surface area contributed by atoms with Gasteiger partial charge in [0.05, 0.1) is 12.7 Å². The van der Waals surface area contributed by atoms with E-state index in [1.54, 1.807) is 13.2 Å². The van der Waals surface area contributed by atoms with Gasteiger partial charge in [-0.1, -0.05) is 48.5 Å². The van der Waals surface area contributed by atoms with Crippen molar-refractivity contribution in [1.29, 1.82) is 0 Å². The molecule has 3 heteroatoms. The molecule has 4 rings (SSSR count). The van der Waals surface area contributed by atoms with Gasteiger partial charge in [0.25, 0.3) is 0 Å². The summed E-state index contributed by atoms with van der Waals surface area (Å²) in [5.74, 6) is 0.376. The Morgan fingerprint density at radius 1 is 0.955 bits per heavy atom. The van der Waals surface area contributed by atoms with Gasteiger partial charge in [0.1, 0.15) is 12.4 Å². The molecule has 0 atom stereocenters. The summed E-state index contributed by atoms with van der Waals surface area (Å²) in [4.78, 5) is 12.4. The summed E-state index contributed by atoms with van der Waals surface area (Å²) in [6, 6.07) is 17.7. The van der Waals surface area contributed by atoms with E-state index in [0.29, 0.717) is 17.9 Å². The summed E-state index contributed by atoms with van der Waals surface area (Å²) in [6.45, 7) is 0.292. The zero-order valence-electron chi connectivity index (χ0n) is 12.1. The van der Waals surface area contributed by atoms with Crippen LogP contribution in [0.25, 0.3) is 21.9 Å². The minimum Gasteiger partial charge on any atom is -0.496 e. The third kappa shape index (κ3) is 1.79. The standard InChI is InChI=1S/C19H14O3/c1-21-17-10-16-18(15-9-5-4-8-14(15)17)13-7-3-2-6-12(13)11-22-19(16)20/h2-10H,11H2,1H3. The SMILES string of the molecule is COc1cc2c(c3ccccc13)-c1ccccc1COC2=O. The van der Waals surface area contributed by atoms with Crippen molar-refractivity contribution in [3.8, 4) is 16.9 Å². The zero-order valence-corrected chi connectivity index (χ0v) is 12.1. The predicted molar refractivity (Wildman–Crippen MR) is 85.1 cm³/mol. The van der Waals surface area contributed by atoms with Crippen LogP contribution in [0.15, 0.2) is 54.6 Å². The van der Waals surface area contributed by atoms with E-state index in [-0.39, 0.29) is 5.97 Å². The van der Waals surface area contributed by atoms with Crippen molar-refractivity contribution < 1.29 is 14.3 Å². The first-order valence-corrected chi connectivity index (χ1v) is 7.14. The van der Waals surface area contributed by atoms with Gasteiger partial charge in [-0.3, -0.25) is 0 Å². The third-order valence-corrected chi connectivity index (χ3v) is 4.09. The van der Waals surface area contributed by atoms with Gasteiger partial charge in [0.2, 0.25) is 0 Å². The van der Waals surface area contributed by atoms with Crippen LogP contribution in [0.1, 0.15) is 15.9 Å². The Balaban J connectivity index is 2.19. The Bertz CT molecular complexity index is 896. The molecule has 108 valence electrons. The molecule has 1 aliphatic heterocycles. The van der Waals surface area contributed by atoms with E-state index < -0.39 is 0 Å². The maximum Gasteiger partial charge on any atom is 0.339 e. The summed E-state index contributed by atoms with van der Waals surface area (Å²) in [6.07, 6.45) is 0. The van der Waals surface area contributed by atoms with Gasteiger partial charge in [-0.05, 0) is 22.6 Å². The summed E-state index contributed by atoms with van der Waals surface area (Å²) < 4.78 is 10.9. The molecule has 0 unspecified atom stereocenters. The number of hydrogen-bond donors (Lipinski definition) is 0. The minimum atomic E-state index is -0.310. The van der Waals surface area contributed by atoms with Gasteiger partial charge in [-0.25, -0.2) is 4.79 Å². The average Bonchev–Trinajstić information content (AvgIpc) is 2.72. The van der Waals surface area contributed by atoms with Crippen LogP contribution in [-0.2, 0) is 11.3 Å². The number of rotatable bonds is 1. The highest BCUT2D eigenvalue weighted by molar-refractivity contribution is 6.11. The average molecular weight is 290 g/mol. The Hall–Kier alpha value is -2.81. The van der Waals surface area contributed by atoms with Crippen LogP contribution in [-0.4, -0.2) is 13.1 Å². The van der Waals surface area contributed by atoms with E-state index in [9.17, 15) is 4.79 Å². The summed E-state index contributed by atoms with van der Waals surface area (Å²) >= 11 is 0. The third-order valence-electron chi connectivity index (χ3n) is 4.09. The first-order chi connectivity index (χ1) is 10.8. The maximum atomic E-state index is 12.4. The maximum absolute atomic E-state index is 12.4. The quantitative estimate of drug-likeness (QED) is 0.630. The second kappa shape index (κ2) is 4.88. The minimum absolute atomic E-state index is 0.292. The molecule has 0 N–H and O–H groups in total. The molecular formula is C19H14O3. The van der Waals surface area contributed by atoms with Crippen molar-refractivity contribution in [3.05, 3.63) is 65.7 Å². The molecule has 1 heterocycles. The number of carbonyl (C=O) groups is 1. The van der Waals surface area contributed by atoms with E-state index in [2.05, 4.69) is 0 Å². The highest BCUT2D eigenvalue weighted by atomic mass is 16.5. The lowest BCUT2D eigenvalue weighted by molar-refractivity contribution is 0.0478. The molecule has 1 aliphatic rings. The predicted octanol–water partition coefficient (Wildman–Crippen LogP) is 4.19. The molecule has 0 fully saturated rings. The van der Waals surface area contributed by atoms with E-state index >= 15 is 0 Å². The molecule has 0 saturated carbocycles. The highest BCUT2D eigenvalue weighted by Gasteiger charge is 2.24. The number of hydrogen-bond acceptors (Lipinski definition) is 3. The number of ether oxygens (including phenoxy) is 2. The molecule has 0 saturated heterocycles. The van der Waals surface area contributed by atoms with E-state index in [1.807, 2.05) is 48.5 Å². The van der Waals surface area contributed by atoms with Crippen LogP contribution in [0.5, 0.6) is 5.75 Å². The smallest absolute Gasteiger partial charge is 0.339 e. The monoisotopic (exact) mass is 290 g/mol. The summed E-state index contributed by atoms with van der Waals surface area (Å²) in [7, 11) is 1.62. The van der Waals surface area contributed by atoms with Crippen molar-refractivity contribution in [3.63, 3.8) is 0 Å². The van der Waals surface area contributed by atoms with Crippen LogP contribution in [0.4, 0.5) is 0 Å². The van der Waals surface area contributed by atoms with Crippen molar-refractivity contribution >= 4 is 16.7 Å². The Morgan fingerprint density at radius 2 is 1.68 bits per heavy atom. The topological polar surface area (TPSA) is 35.5 Å². The van der Waals surface area contributed by atoms with E-state index in [4.69, 9.17) is 9.47 Å². The first-order valence-electron chi connectivity index (χ1n) is 7.14. The lowest BCUT2D eigenvalue weighted by Crippen LogP contribution is -2.04. The van der Waals surface area contributed by atoms with Crippen LogP contribution < -0.4 is 4.74 Å². The van der Waals surface area contributed by atoms with Crippen molar-refractivity contribution in [2.75, 3.05) is 7.11 Å². The Morgan fingerprint density at radius 3 is 2.50 bits per heavy atom. The fraction of sp³-hybridized carbons (Fsp3) is 0.105. The number of esters is 1. The van der Waals surface area contributed by atoms with Crippen molar-refractivity contribution in [2.24, 2.45) is 0 Å². The molecule has 3 aromatic carbocycles. The molecule has 0 spiro atoms. The molecule has 0 aromatic heterocycles. The van der Waals surface area contributed by atoms with Crippen LogP contribution in [0.3, 0.4) is 0 Å². The molecule has 0 aliphatic carbocycles. The van der Waals surface area contributed by atoms with Gasteiger partial charge in [0, 0.05) is 10.9 Å². The largest absolute Gasteiger partial charge is 0.496 e. The zero-order chi connectivity index (χ0) is 15.1. The van der Waals surface area contributed by atoms with Crippen LogP contribution in [0, 0.1) is 0 Å². The summed E-state index contributed by atoms with van der Waals surface area (Å²) in [5.41, 5.74) is 3.54. The first kappa shape index (κ1) is 12.9. The van der Waals surface area contributed by atoms with Gasteiger partial charge in [-0.2, -0.15) is 0 Å². The normalized spacial score (nSPS) is 13.0. The van der Waals surface area contributed by atoms with Crippen molar-refractivity contribution in [1.82, 2.24) is 0 Å². The summed E-state index contributed by atoms with van der Waals surface area (Å²) in [5, 5.41) is 2.00. The number of carbonyl (C=O) groups excluding carboxylic acids is 1. The lowest BCUT2D eigenvalue weighted by Gasteiger charge is -2.14. The fourth-order valence-corrected chi connectivity index (χ4v) is 3.07. The van der Waals surface area contributed by atoms with E-state index in [1.165, 1.54) is 0 Å². The number of methoxy groups -OCH3 is 1. The number of fused-ring (bicyclic) bond motifs is 5. The van der Waals surface area contributed by atoms with Gasteiger partial charge < -0.3 is 9.47 Å². The molecule has 3 nitrogen and oxygen atoms in total. The van der Waals surface area contributed by atoms with Crippen LogP contribution >= 0.6 is 0 Å². The Kier molecular flexibility index (Phi) is 2.86.